The van der Waals surface area contributed by atoms with E-state index in [1.807, 2.05) is 0 Å². The van der Waals surface area contributed by atoms with Gasteiger partial charge in [0.2, 0.25) is 5.75 Å². The van der Waals surface area contributed by atoms with E-state index in [1.54, 1.807) is 0 Å². The third-order valence-corrected chi connectivity index (χ3v) is 2.57. The average Bonchev–Trinajstić information content (AvgIpc) is 2.41. The first-order valence-corrected chi connectivity index (χ1v) is 5.57. The molecule has 20 heavy (non-hydrogen) atoms. The normalized spacial score (nSPS) is 12.3. The van der Waals surface area contributed by atoms with Gasteiger partial charge in [0, 0.05) is 11.6 Å². The van der Waals surface area contributed by atoms with E-state index in [1.165, 1.54) is 19.9 Å². The van der Waals surface area contributed by atoms with Crippen LogP contribution in [0.5, 0.6) is 11.5 Å². The number of benzene rings is 1. The number of hydrogen-bond acceptors (Lipinski definition) is 5. The van der Waals surface area contributed by atoms with Crippen molar-refractivity contribution in [3.63, 3.8) is 0 Å². The molecule has 0 atom stereocenters. The molecule has 2 N–H and O–H groups in total. The Balaban J connectivity index is 3.41. The van der Waals surface area contributed by atoms with E-state index in [4.69, 9.17) is 0 Å². The number of hydrogen-bond donors (Lipinski definition) is 2. The molecule has 1 aromatic rings. The van der Waals surface area contributed by atoms with E-state index in [-0.39, 0.29) is 11.1 Å². The Kier molecular flexibility index (Phi) is 4.58. The quantitative estimate of drug-likeness (QED) is 0.220. The van der Waals surface area contributed by atoms with Crippen LogP contribution in [0.1, 0.15) is 24.2 Å². The summed E-state index contributed by atoms with van der Waals surface area (Å²) in [6, 6.07) is 1.63. The lowest BCUT2D eigenvalue weighted by molar-refractivity contribution is -0.386. The standard InChI is InChI=1S/C13H12FNO5/c1-3-8(9(14)4-2)12(17)7-5-10(15(19)20)13(18)11(16)6-7/h3-6,16,18H,1-2H3/b8-3+,9-4+. The lowest BCUT2D eigenvalue weighted by Gasteiger charge is -2.06. The van der Waals surface area contributed by atoms with Crippen LogP contribution in [0, 0.1) is 10.1 Å². The molecule has 0 aliphatic heterocycles. The molecule has 0 bridgehead atoms. The van der Waals surface area contributed by atoms with Gasteiger partial charge in [-0.3, -0.25) is 14.9 Å². The minimum atomic E-state index is -0.951. The average molecular weight is 281 g/mol. The molecular formula is C13H12FNO5. The molecular weight excluding hydrogens is 269 g/mol. The molecule has 6 nitrogen and oxygen atoms in total. The maximum absolute atomic E-state index is 13.5. The van der Waals surface area contributed by atoms with Crippen molar-refractivity contribution in [3.05, 3.63) is 51.4 Å². The molecule has 7 heteroatoms. The van der Waals surface area contributed by atoms with Gasteiger partial charge in [0.05, 0.1) is 10.5 Å². The highest BCUT2D eigenvalue weighted by atomic mass is 19.1. The van der Waals surface area contributed by atoms with Crippen molar-refractivity contribution in [1.82, 2.24) is 0 Å². The summed E-state index contributed by atoms with van der Waals surface area (Å²) in [5, 5.41) is 29.4. The molecule has 0 aromatic heterocycles. The SMILES string of the molecule is C/C=C(C(=O)c1cc(O)c(O)c([N+](=O)[O-])c1)\C(F)=C/C. The maximum atomic E-state index is 13.5. The lowest BCUT2D eigenvalue weighted by Crippen LogP contribution is -2.05. The van der Waals surface area contributed by atoms with Gasteiger partial charge in [-0.15, -0.1) is 0 Å². The van der Waals surface area contributed by atoms with E-state index in [0.717, 1.165) is 18.2 Å². The predicted molar refractivity (Wildman–Crippen MR) is 69.4 cm³/mol. The first kappa shape index (κ1) is 15.4. The smallest absolute Gasteiger partial charge is 0.315 e. The van der Waals surface area contributed by atoms with Crippen molar-refractivity contribution in [1.29, 1.82) is 0 Å². The van der Waals surface area contributed by atoms with Gasteiger partial charge in [-0.2, -0.15) is 0 Å². The first-order chi connectivity index (χ1) is 9.33. The van der Waals surface area contributed by atoms with Gasteiger partial charge < -0.3 is 10.2 Å². The van der Waals surface area contributed by atoms with Gasteiger partial charge in [-0.1, -0.05) is 12.2 Å². The van der Waals surface area contributed by atoms with Crippen molar-refractivity contribution in [2.24, 2.45) is 0 Å². The van der Waals surface area contributed by atoms with Crippen molar-refractivity contribution in [2.45, 2.75) is 13.8 Å². The molecule has 106 valence electrons. The predicted octanol–water partition coefficient (Wildman–Crippen LogP) is 3.01. The summed E-state index contributed by atoms with van der Waals surface area (Å²) >= 11 is 0. The highest BCUT2D eigenvalue weighted by Crippen LogP contribution is 2.37. The van der Waals surface area contributed by atoms with Crippen LogP contribution in [0.25, 0.3) is 0 Å². The number of nitrogens with zero attached hydrogens (tertiary/aromatic N) is 1. The van der Waals surface area contributed by atoms with Crippen LogP contribution < -0.4 is 0 Å². The van der Waals surface area contributed by atoms with Gasteiger partial charge in [0.15, 0.2) is 11.5 Å². The third-order valence-electron chi connectivity index (χ3n) is 2.57. The molecule has 1 aromatic carbocycles. The Hall–Kier alpha value is -2.70. The Morgan fingerprint density at radius 2 is 1.90 bits per heavy atom. The van der Waals surface area contributed by atoms with E-state index >= 15 is 0 Å². The van der Waals surface area contributed by atoms with Crippen LogP contribution in [0.15, 0.2) is 35.7 Å². The molecule has 1 rings (SSSR count). The highest BCUT2D eigenvalue weighted by molar-refractivity contribution is 6.11. The number of aromatic hydroxyl groups is 2. The molecule has 0 saturated carbocycles. The molecule has 0 radical (unpaired) electrons. The van der Waals surface area contributed by atoms with Crippen molar-refractivity contribution in [2.75, 3.05) is 0 Å². The second-order valence-corrected chi connectivity index (χ2v) is 3.79. The van der Waals surface area contributed by atoms with E-state index in [0.29, 0.717) is 0 Å². The van der Waals surface area contributed by atoms with Gasteiger partial charge in [-0.25, -0.2) is 4.39 Å². The summed E-state index contributed by atoms with van der Waals surface area (Å²) in [5.41, 5.74) is -1.41. The fourth-order valence-electron chi connectivity index (χ4n) is 1.56. The molecule has 0 heterocycles. The molecule has 0 fully saturated rings. The van der Waals surface area contributed by atoms with Crippen molar-refractivity contribution in [3.8, 4) is 11.5 Å². The Labute approximate surface area is 113 Å². The van der Waals surface area contributed by atoms with Gasteiger partial charge in [0.1, 0.15) is 5.83 Å². The number of halogens is 1. The van der Waals surface area contributed by atoms with Gasteiger partial charge in [-0.05, 0) is 19.9 Å². The molecule has 0 spiro atoms. The van der Waals surface area contributed by atoms with Crippen molar-refractivity contribution >= 4 is 11.5 Å². The Morgan fingerprint density at radius 1 is 1.30 bits per heavy atom. The third kappa shape index (κ3) is 2.82. The van der Waals surface area contributed by atoms with Gasteiger partial charge in [0.25, 0.3) is 0 Å². The summed E-state index contributed by atoms with van der Waals surface area (Å²) in [6.45, 7) is 2.83. The summed E-state index contributed by atoms with van der Waals surface area (Å²) in [5.74, 6) is -3.38. The number of nitro groups is 1. The molecule has 0 aliphatic carbocycles. The number of carbonyl (C=O) groups is 1. The second kappa shape index (κ2) is 5.96. The number of phenolic OH excluding ortho intramolecular Hbond substituents is 2. The number of allylic oxidation sites excluding steroid dienone is 4. The number of carbonyl (C=O) groups excluding carboxylic acids is 1. The minimum Gasteiger partial charge on any atom is -0.504 e. The monoisotopic (exact) mass is 281 g/mol. The Morgan fingerprint density at radius 3 is 2.35 bits per heavy atom. The van der Waals surface area contributed by atoms with Crippen LogP contribution in [0.2, 0.25) is 0 Å². The van der Waals surface area contributed by atoms with E-state index < -0.39 is 33.7 Å². The van der Waals surface area contributed by atoms with Gasteiger partial charge >= 0.3 is 5.69 Å². The maximum Gasteiger partial charge on any atom is 0.315 e. The van der Waals surface area contributed by atoms with Crippen molar-refractivity contribution < 1.29 is 24.3 Å². The number of ketones is 1. The largest absolute Gasteiger partial charge is 0.504 e. The Bertz CT molecular complexity index is 634. The van der Waals surface area contributed by atoms with E-state index in [9.17, 15) is 29.5 Å². The van der Waals surface area contributed by atoms with Crippen LogP contribution in [0.3, 0.4) is 0 Å². The van der Waals surface area contributed by atoms with Crippen LogP contribution in [-0.2, 0) is 0 Å². The number of phenols is 2. The second-order valence-electron chi connectivity index (χ2n) is 3.79. The molecule has 0 saturated heterocycles. The van der Waals surface area contributed by atoms with Crippen LogP contribution in [0.4, 0.5) is 10.1 Å². The zero-order chi connectivity index (χ0) is 15.4. The minimum absolute atomic E-state index is 0.285. The fraction of sp³-hybridized carbons (Fsp3) is 0.154. The fourth-order valence-corrected chi connectivity index (χ4v) is 1.56. The number of nitro benzene ring substituents is 1. The summed E-state index contributed by atoms with van der Waals surface area (Å²) in [6.07, 6.45) is 2.29. The lowest BCUT2D eigenvalue weighted by atomic mass is 10.0. The first-order valence-electron chi connectivity index (χ1n) is 5.57. The zero-order valence-corrected chi connectivity index (χ0v) is 10.8. The topological polar surface area (TPSA) is 101 Å². The van der Waals surface area contributed by atoms with Crippen LogP contribution in [-0.4, -0.2) is 20.9 Å². The zero-order valence-electron chi connectivity index (χ0n) is 10.8. The molecule has 0 amide bonds. The van der Waals surface area contributed by atoms with E-state index in [2.05, 4.69) is 0 Å². The summed E-state index contributed by atoms with van der Waals surface area (Å²) in [7, 11) is 0. The molecule has 0 aliphatic rings. The summed E-state index contributed by atoms with van der Waals surface area (Å²) in [4.78, 5) is 21.8. The molecule has 0 unspecified atom stereocenters. The summed E-state index contributed by atoms with van der Waals surface area (Å²) < 4.78 is 13.5. The number of rotatable bonds is 4. The van der Waals surface area contributed by atoms with Crippen LogP contribution >= 0.6 is 0 Å². The highest BCUT2D eigenvalue weighted by Gasteiger charge is 2.24. The number of Topliss-reactive ketones (excluding diaryl/α,β-unsaturated/α-hetero) is 1.